The molecule has 1 aromatic carbocycles. The van der Waals surface area contributed by atoms with Crippen LogP contribution in [0.25, 0.3) is 11.1 Å². The Balaban J connectivity index is 2.64. The zero-order valence-corrected chi connectivity index (χ0v) is 10.5. The van der Waals surface area contributed by atoms with Gasteiger partial charge in [0.25, 0.3) is 0 Å². The fourth-order valence-corrected chi connectivity index (χ4v) is 2.02. The van der Waals surface area contributed by atoms with Crippen molar-refractivity contribution in [2.45, 2.75) is 0 Å². The maximum Gasteiger partial charge on any atom is 0.355 e. The summed E-state index contributed by atoms with van der Waals surface area (Å²) in [6.45, 7) is 0. The summed E-state index contributed by atoms with van der Waals surface area (Å²) in [6.07, 6.45) is 0. The summed E-state index contributed by atoms with van der Waals surface area (Å²) >= 11 is 12.0. The number of carbonyl (C=O) groups excluding carboxylic acids is 1. The molecule has 0 saturated heterocycles. The number of rotatable bonds is 2. The van der Waals surface area contributed by atoms with E-state index < -0.39 is 5.97 Å². The van der Waals surface area contributed by atoms with E-state index in [1.165, 1.54) is 7.11 Å². The van der Waals surface area contributed by atoms with Crippen LogP contribution in [0.1, 0.15) is 10.5 Å². The molecule has 0 amide bonds. The zero-order valence-electron chi connectivity index (χ0n) is 8.96. The van der Waals surface area contributed by atoms with Crippen LogP contribution in [0.4, 0.5) is 0 Å². The second kappa shape index (κ2) is 4.82. The molecule has 0 spiro atoms. The number of methoxy groups -OCH3 is 1. The number of ether oxygens (including phenoxy) is 1. The minimum atomic E-state index is -0.502. The van der Waals surface area contributed by atoms with E-state index in [4.69, 9.17) is 23.2 Å². The van der Waals surface area contributed by atoms with E-state index >= 15 is 0 Å². The van der Waals surface area contributed by atoms with Gasteiger partial charge in [0.05, 0.1) is 12.1 Å². The third kappa shape index (κ3) is 2.16. The molecule has 0 radical (unpaired) electrons. The van der Waals surface area contributed by atoms with E-state index in [0.717, 1.165) is 5.56 Å². The maximum atomic E-state index is 11.6. The molecule has 0 fully saturated rings. The Morgan fingerprint density at radius 3 is 2.47 bits per heavy atom. The van der Waals surface area contributed by atoms with E-state index in [9.17, 15) is 4.79 Å². The molecular formula is C12H9Cl2NO2. The maximum absolute atomic E-state index is 11.6. The number of benzene rings is 1. The Kier molecular flexibility index (Phi) is 3.41. The van der Waals surface area contributed by atoms with Crippen molar-refractivity contribution in [3.05, 3.63) is 46.2 Å². The summed E-state index contributed by atoms with van der Waals surface area (Å²) in [6, 6.07) is 9.28. The molecule has 0 bridgehead atoms. The van der Waals surface area contributed by atoms with Crippen LogP contribution in [0, 0.1) is 0 Å². The van der Waals surface area contributed by atoms with Crippen molar-refractivity contribution < 1.29 is 9.53 Å². The summed E-state index contributed by atoms with van der Waals surface area (Å²) in [5.74, 6) is -0.502. The molecule has 0 unspecified atom stereocenters. The summed E-state index contributed by atoms with van der Waals surface area (Å²) < 4.78 is 4.68. The Labute approximate surface area is 108 Å². The highest BCUT2D eigenvalue weighted by molar-refractivity contribution is 6.44. The lowest BCUT2D eigenvalue weighted by Gasteiger charge is -2.03. The van der Waals surface area contributed by atoms with E-state index in [1.807, 2.05) is 30.3 Å². The molecule has 0 aliphatic rings. The topological polar surface area (TPSA) is 42.1 Å². The van der Waals surface area contributed by atoms with Crippen molar-refractivity contribution in [3.63, 3.8) is 0 Å². The van der Waals surface area contributed by atoms with Crippen LogP contribution in [0.5, 0.6) is 0 Å². The second-order valence-electron chi connectivity index (χ2n) is 3.36. The molecule has 5 heteroatoms. The number of hydrogen-bond donors (Lipinski definition) is 1. The van der Waals surface area contributed by atoms with Crippen molar-refractivity contribution in [1.82, 2.24) is 4.98 Å². The molecule has 0 aliphatic heterocycles. The molecule has 0 aliphatic carbocycles. The van der Waals surface area contributed by atoms with Gasteiger partial charge in [-0.3, -0.25) is 0 Å². The van der Waals surface area contributed by atoms with E-state index in [0.29, 0.717) is 10.6 Å². The predicted octanol–water partition coefficient (Wildman–Crippen LogP) is 3.78. The first-order chi connectivity index (χ1) is 8.15. The van der Waals surface area contributed by atoms with Crippen LogP contribution in [-0.2, 0) is 4.74 Å². The van der Waals surface area contributed by atoms with Gasteiger partial charge in [0, 0.05) is 5.56 Å². The molecule has 0 saturated carbocycles. The Morgan fingerprint density at radius 1 is 1.24 bits per heavy atom. The number of aromatic amines is 1. The van der Waals surface area contributed by atoms with Crippen molar-refractivity contribution in [2.75, 3.05) is 7.11 Å². The van der Waals surface area contributed by atoms with Gasteiger partial charge in [-0.2, -0.15) is 0 Å². The number of hydrogen-bond acceptors (Lipinski definition) is 2. The second-order valence-corrected chi connectivity index (χ2v) is 4.12. The van der Waals surface area contributed by atoms with Crippen LogP contribution < -0.4 is 0 Å². The number of nitrogens with one attached hydrogen (secondary N) is 1. The Bertz CT molecular complexity index is 549. The molecule has 2 rings (SSSR count). The van der Waals surface area contributed by atoms with Gasteiger partial charge in [0.1, 0.15) is 10.8 Å². The first kappa shape index (κ1) is 12.0. The standard InChI is InChI=1S/C12H9Cl2NO2/c1-17-12(16)10-8(9(13)11(14)15-10)7-5-3-2-4-6-7/h2-6,15H,1H3. The minimum Gasteiger partial charge on any atom is -0.464 e. The molecule has 0 atom stereocenters. The average Bonchev–Trinajstić information content (AvgIpc) is 2.66. The molecule has 88 valence electrons. The quantitative estimate of drug-likeness (QED) is 0.844. The van der Waals surface area contributed by atoms with Crippen LogP contribution in [0.2, 0.25) is 10.2 Å². The first-order valence-corrected chi connectivity index (χ1v) is 5.61. The van der Waals surface area contributed by atoms with Crippen LogP contribution in [0.3, 0.4) is 0 Å². The van der Waals surface area contributed by atoms with Gasteiger partial charge in [-0.25, -0.2) is 4.79 Å². The van der Waals surface area contributed by atoms with Gasteiger partial charge in [-0.05, 0) is 5.56 Å². The summed E-state index contributed by atoms with van der Waals surface area (Å²) in [5, 5.41) is 0.546. The smallest absolute Gasteiger partial charge is 0.355 e. The molecular weight excluding hydrogens is 261 g/mol. The largest absolute Gasteiger partial charge is 0.464 e. The lowest BCUT2D eigenvalue weighted by molar-refractivity contribution is 0.0596. The van der Waals surface area contributed by atoms with Gasteiger partial charge < -0.3 is 9.72 Å². The third-order valence-corrected chi connectivity index (χ3v) is 3.11. The third-order valence-electron chi connectivity index (χ3n) is 2.35. The Hall–Kier alpha value is -1.45. The highest BCUT2D eigenvalue weighted by atomic mass is 35.5. The van der Waals surface area contributed by atoms with E-state index in [1.54, 1.807) is 0 Å². The van der Waals surface area contributed by atoms with Gasteiger partial charge in [0.15, 0.2) is 0 Å². The van der Waals surface area contributed by atoms with E-state index in [-0.39, 0.29) is 10.8 Å². The monoisotopic (exact) mass is 269 g/mol. The number of aromatic nitrogens is 1. The Morgan fingerprint density at radius 2 is 1.88 bits per heavy atom. The molecule has 1 heterocycles. The number of halogens is 2. The van der Waals surface area contributed by atoms with Gasteiger partial charge in [-0.15, -0.1) is 0 Å². The molecule has 1 N–H and O–H groups in total. The van der Waals surface area contributed by atoms with Crippen molar-refractivity contribution in [1.29, 1.82) is 0 Å². The number of esters is 1. The minimum absolute atomic E-state index is 0.228. The molecule has 2 aromatic rings. The van der Waals surface area contributed by atoms with Crippen LogP contribution >= 0.6 is 23.2 Å². The molecule has 1 aromatic heterocycles. The van der Waals surface area contributed by atoms with Crippen molar-refractivity contribution in [3.8, 4) is 11.1 Å². The fourth-order valence-electron chi connectivity index (χ4n) is 1.58. The van der Waals surface area contributed by atoms with Gasteiger partial charge in [0.2, 0.25) is 0 Å². The van der Waals surface area contributed by atoms with Gasteiger partial charge >= 0.3 is 5.97 Å². The normalized spacial score (nSPS) is 10.3. The highest BCUT2D eigenvalue weighted by Gasteiger charge is 2.21. The van der Waals surface area contributed by atoms with Crippen LogP contribution in [-0.4, -0.2) is 18.1 Å². The summed E-state index contributed by atoms with van der Waals surface area (Å²) in [4.78, 5) is 14.3. The summed E-state index contributed by atoms with van der Waals surface area (Å²) in [5.41, 5.74) is 1.62. The predicted molar refractivity (Wildman–Crippen MR) is 67.6 cm³/mol. The number of H-pyrrole nitrogens is 1. The zero-order chi connectivity index (χ0) is 12.4. The lowest BCUT2D eigenvalue weighted by atomic mass is 10.1. The van der Waals surface area contributed by atoms with Crippen LogP contribution in [0.15, 0.2) is 30.3 Å². The lowest BCUT2D eigenvalue weighted by Crippen LogP contribution is -2.03. The SMILES string of the molecule is COC(=O)c1[nH]c(Cl)c(Cl)c1-c1ccccc1. The van der Waals surface area contributed by atoms with Gasteiger partial charge in [-0.1, -0.05) is 53.5 Å². The van der Waals surface area contributed by atoms with Crippen molar-refractivity contribution in [2.24, 2.45) is 0 Å². The van der Waals surface area contributed by atoms with Crippen molar-refractivity contribution >= 4 is 29.2 Å². The average molecular weight is 270 g/mol. The molecule has 17 heavy (non-hydrogen) atoms. The first-order valence-electron chi connectivity index (χ1n) is 4.86. The summed E-state index contributed by atoms with van der Waals surface area (Å²) in [7, 11) is 1.31. The van der Waals surface area contributed by atoms with E-state index in [2.05, 4.69) is 9.72 Å². The molecule has 3 nitrogen and oxygen atoms in total. The fraction of sp³-hybridized carbons (Fsp3) is 0.0833. The number of carbonyl (C=O) groups is 1. The highest BCUT2D eigenvalue weighted by Crippen LogP contribution is 2.36.